The summed E-state index contributed by atoms with van der Waals surface area (Å²) in [7, 11) is 0. The van der Waals surface area contributed by atoms with E-state index in [0.29, 0.717) is 11.7 Å². The van der Waals surface area contributed by atoms with Gasteiger partial charge in [-0.3, -0.25) is 14.4 Å². The van der Waals surface area contributed by atoms with Gasteiger partial charge in [0.1, 0.15) is 18.4 Å². The van der Waals surface area contributed by atoms with E-state index in [1.807, 2.05) is 22.9 Å². The van der Waals surface area contributed by atoms with Crippen LogP contribution in [0.15, 0.2) is 36.9 Å². The number of piperidine rings is 1. The largest absolute Gasteiger partial charge is 0.484 e. The SMILES string of the molecule is NC(=O)COc1cccc(CN2CCC[C@H](Cn3cncn3)C2)c1. The number of hydrogen-bond acceptors (Lipinski definition) is 5. The van der Waals surface area contributed by atoms with Gasteiger partial charge in [0, 0.05) is 19.6 Å². The molecule has 3 rings (SSSR count). The molecule has 0 radical (unpaired) electrons. The molecule has 24 heavy (non-hydrogen) atoms. The minimum absolute atomic E-state index is 0.0901. The number of carbonyl (C=O) groups excluding carboxylic acids is 1. The van der Waals surface area contributed by atoms with Crippen molar-refractivity contribution in [2.24, 2.45) is 11.7 Å². The van der Waals surface area contributed by atoms with Crippen LogP contribution >= 0.6 is 0 Å². The first-order valence-electron chi connectivity index (χ1n) is 8.24. The smallest absolute Gasteiger partial charge is 0.255 e. The fourth-order valence-electron chi connectivity index (χ4n) is 3.18. The van der Waals surface area contributed by atoms with E-state index in [1.54, 1.807) is 12.7 Å². The quantitative estimate of drug-likeness (QED) is 0.821. The molecule has 0 spiro atoms. The molecule has 0 unspecified atom stereocenters. The molecular formula is C17H23N5O2. The maximum atomic E-state index is 10.8. The Kier molecular flexibility index (Phi) is 5.43. The molecule has 1 amide bonds. The Morgan fingerprint density at radius 2 is 2.33 bits per heavy atom. The van der Waals surface area contributed by atoms with E-state index in [0.717, 1.165) is 26.2 Å². The van der Waals surface area contributed by atoms with Crippen LogP contribution in [0.3, 0.4) is 0 Å². The molecule has 7 heteroatoms. The molecule has 1 aromatic heterocycles. The zero-order valence-electron chi connectivity index (χ0n) is 13.7. The number of likely N-dealkylation sites (tertiary alicyclic amines) is 1. The lowest BCUT2D eigenvalue weighted by atomic mass is 9.97. The fraction of sp³-hybridized carbons (Fsp3) is 0.471. The molecule has 2 N–H and O–H groups in total. The molecule has 0 bridgehead atoms. The number of nitrogens with two attached hydrogens (primary N) is 1. The summed E-state index contributed by atoms with van der Waals surface area (Å²) in [5.41, 5.74) is 6.29. The van der Waals surface area contributed by atoms with E-state index in [-0.39, 0.29) is 6.61 Å². The molecular weight excluding hydrogens is 306 g/mol. The number of primary amides is 1. The topological polar surface area (TPSA) is 86.3 Å². The van der Waals surface area contributed by atoms with Gasteiger partial charge in [0.2, 0.25) is 0 Å². The van der Waals surface area contributed by atoms with Crippen molar-refractivity contribution in [3.05, 3.63) is 42.5 Å². The van der Waals surface area contributed by atoms with Crippen LogP contribution in [0.5, 0.6) is 5.75 Å². The molecule has 1 saturated heterocycles. The number of aromatic nitrogens is 3. The van der Waals surface area contributed by atoms with Crippen molar-refractivity contribution >= 4 is 5.91 Å². The Morgan fingerprint density at radius 1 is 1.42 bits per heavy atom. The van der Waals surface area contributed by atoms with Gasteiger partial charge in [-0.15, -0.1) is 0 Å². The highest BCUT2D eigenvalue weighted by atomic mass is 16.5. The second-order valence-electron chi connectivity index (χ2n) is 6.26. The normalized spacial score (nSPS) is 18.4. The number of amides is 1. The van der Waals surface area contributed by atoms with Gasteiger partial charge in [0.05, 0.1) is 0 Å². The molecule has 7 nitrogen and oxygen atoms in total. The average Bonchev–Trinajstić information content (AvgIpc) is 3.07. The van der Waals surface area contributed by atoms with Crippen LogP contribution in [0.1, 0.15) is 18.4 Å². The number of benzene rings is 1. The average molecular weight is 329 g/mol. The third kappa shape index (κ3) is 4.79. The van der Waals surface area contributed by atoms with E-state index in [4.69, 9.17) is 10.5 Å². The van der Waals surface area contributed by atoms with E-state index in [9.17, 15) is 4.79 Å². The van der Waals surface area contributed by atoms with Gasteiger partial charge < -0.3 is 10.5 Å². The highest BCUT2D eigenvalue weighted by molar-refractivity contribution is 5.75. The van der Waals surface area contributed by atoms with Crippen LogP contribution in [-0.2, 0) is 17.9 Å². The molecule has 0 aliphatic carbocycles. The van der Waals surface area contributed by atoms with E-state index in [2.05, 4.69) is 21.0 Å². The second-order valence-corrected chi connectivity index (χ2v) is 6.26. The van der Waals surface area contributed by atoms with Crippen molar-refractivity contribution in [1.82, 2.24) is 19.7 Å². The van der Waals surface area contributed by atoms with Gasteiger partial charge >= 0.3 is 0 Å². The van der Waals surface area contributed by atoms with E-state index in [1.165, 1.54) is 18.4 Å². The second kappa shape index (κ2) is 7.92. The lowest BCUT2D eigenvalue weighted by Gasteiger charge is -2.32. The highest BCUT2D eigenvalue weighted by Crippen LogP contribution is 2.21. The summed E-state index contributed by atoms with van der Waals surface area (Å²) in [4.78, 5) is 17.3. The van der Waals surface area contributed by atoms with Gasteiger partial charge in [-0.25, -0.2) is 4.98 Å². The first kappa shape index (κ1) is 16.4. The Morgan fingerprint density at radius 3 is 3.12 bits per heavy atom. The molecule has 1 atom stereocenters. The Balaban J connectivity index is 1.55. The lowest BCUT2D eigenvalue weighted by Crippen LogP contribution is -2.36. The fourth-order valence-corrected chi connectivity index (χ4v) is 3.18. The maximum Gasteiger partial charge on any atom is 0.255 e. The Bertz CT molecular complexity index is 659. The van der Waals surface area contributed by atoms with Crippen LogP contribution in [0.25, 0.3) is 0 Å². The molecule has 1 aliphatic heterocycles. The third-order valence-electron chi connectivity index (χ3n) is 4.20. The van der Waals surface area contributed by atoms with Gasteiger partial charge in [-0.1, -0.05) is 12.1 Å². The van der Waals surface area contributed by atoms with E-state index < -0.39 is 5.91 Å². The number of carbonyl (C=O) groups is 1. The van der Waals surface area contributed by atoms with Gasteiger partial charge in [0.15, 0.2) is 6.61 Å². The summed E-state index contributed by atoms with van der Waals surface area (Å²) in [6.45, 7) is 3.85. The monoisotopic (exact) mass is 329 g/mol. The third-order valence-corrected chi connectivity index (χ3v) is 4.20. The molecule has 128 valence electrons. The van der Waals surface area contributed by atoms with Crippen molar-refractivity contribution in [3.63, 3.8) is 0 Å². The van der Waals surface area contributed by atoms with Crippen molar-refractivity contribution in [3.8, 4) is 5.75 Å². The van der Waals surface area contributed by atoms with Gasteiger partial charge in [0.25, 0.3) is 5.91 Å². The Labute approximate surface area is 141 Å². The molecule has 1 aliphatic rings. The van der Waals surface area contributed by atoms with Gasteiger partial charge in [-0.2, -0.15) is 5.10 Å². The minimum Gasteiger partial charge on any atom is -0.484 e. The zero-order chi connectivity index (χ0) is 16.8. The number of rotatable bonds is 7. The van der Waals surface area contributed by atoms with E-state index >= 15 is 0 Å². The van der Waals surface area contributed by atoms with Crippen molar-refractivity contribution in [1.29, 1.82) is 0 Å². The predicted octanol–water partition coefficient (Wildman–Crippen LogP) is 1.05. The summed E-state index contributed by atoms with van der Waals surface area (Å²) in [6.07, 6.45) is 5.77. The van der Waals surface area contributed by atoms with Crippen LogP contribution in [-0.4, -0.2) is 45.3 Å². The Hall–Kier alpha value is -2.41. The molecule has 2 heterocycles. The number of ether oxygens (including phenoxy) is 1. The van der Waals surface area contributed by atoms with Crippen molar-refractivity contribution < 1.29 is 9.53 Å². The number of hydrogen-bond donors (Lipinski definition) is 1. The zero-order valence-corrected chi connectivity index (χ0v) is 13.7. The summed E-state index contributed by atoms with van der Waals surface area (Å²) in [5, 5.41) is 4.20. The van der Waals surface area contributed by atoms with Gasteiger partial charge in [-0.05, 0) is 43.0 Å². The standard InChI is InChI=1S/C17H23N5O2/c18-17(23)11-24-16-5-1-3-14(7-16)8-21-6-2-4-15(9-21)10-22-13-19-12-20-22/h1,3,5,7,12-13,15H,2,4,6,8-11H2,(H2,18,23)/t15-/m0/s1. The first-order chi connectivity index (χ1) is 11.7. The molecule has 0 saturated carbocycles. The summed E-state index contributed by atoms with van der Waals surface area (Å²) in [6, 6.07) is 7.85. The van der Waals surface area contributed by atoms with Crippen LogP contribution in [0, 0.1) is 5.92 Å². The van der Waals surface area contributed by atoms with Crippen molar-refractivity contribution in [2.75, 3.05) is 19.7 Å². The summed E-state index contributed by atoms with van der Waals surface area (Å²) < 4.78 is 7.29. The molecule has 1 fully saturated rings. The molecule has 1 aromatic carbocycles. The summed E-state index contributed by atoms with van der Waals surface area (Å²) >= 11 is 0. The summed E-state index contributed by atoms with van der Waals surface area (Å²) in [5.74, 6) is 0.810. The predicted molar refractivity (Wildman–Crippen MR) is 89.2 cm³/mol. The molecule has 2 aromatic rings. The highest BCUT2D eigenvalue weighted by Gasteiger charge is 2.20. The van der Waals surface area contributed by atoms with Crippen LogP contribution in [0.2, 0.25) is 0 Å². The minimum atomic E-state index is -0.465. The lowest BCUT2D eigenvalue weighted by molar-refractivity contribution is -0.119. The van der Waals surface area contributed by atoms with Crippen LogP contribution in [0.4, 0.5) is 0 Å². The van der Waals surface area contributed by atoms with Crippen molar-refractivity contribution in [2.45, 2.75) is 25.9 Å². The maximum absolute atomic E-state index is 10.8. The number of nitrogens with zero attached hydrogens (tertiary/aromatic N) is 4. The first-order valence-corrected chi connectivity index (χ1v) is 8.24. The van der Waals surface area contributed by atoms with Crippen LogP contribution < -0.4 is 10.5 Å².